The molecule has 131 heavy (non-hydrogen) atoms. The Morgan fingerprint density at radius 1 is 0.649 bits per heavy atom. The van der Waals surface area contributed by atoms with E-state index in [0.29, 0.717) is 75.7 Å². The van der Waals surface area contributed by atoms with Crippen molar-refractivity contribution in [2.45, 2.75) is 246 Å². The number of carboxylic acids is 1. The first-order valence-electron chi connectivity index (χ1n) is 43.8. The molecule has 19 atom stereocenters. The zero-order valence-electron chi connectivity index (χ0n) is 78.0. The van der Waals surface area contributed by atoms with Crippen molar-refractivity contribution in [3.63, 3.8) is 0 Å². The van der Waals surface area contributed by atoms with Crippen LogP contribution in [-0.4, -0.2) is 351 Å². The van der Waals surface area contributed by atoms with Gasteiger partial charge in [0.05, 0.1) is 132 Å². The maximum absolute atomic E-state index is 14.5. The van der Waals surface area contributed by atoms with Crippen molar-refractivity contribution in [1.82, 2.24) is 35.6 Å². The second kappa shape index (κ2) is 59.8. The van der Waals surface area contributed by atoms with Crippen molar-refractivity contribution in [3.05, 3.63) is 94.5 Å². The van der Waals surface area contributed by atoms with E-state index < -0.39 is 127 Å². The molecule has 3 aliphatic rings. The molecular weight excluding hydrogens is 1720 g/mol. The van der Waals surface area contributed by atoms with Gasteiger partial charge in [0.15, 0.2) is 11.9 Å². The fourth-order valence-electron chi connectivity index (χ4n) is 15.1. The van der Waals surface area contributed by atoms with Gasteiger partial charge in [0, 0.05) is 92.3 Å². The summed E-state index contributed by atoms with van der Waals surface area (Å²) in [5, 5.41) is 89.8. The molecule has 3 fully saturated rings. The molecule has 0 bridgehead atoms. The lowest BCUT2D eigenvalue weighted by molar-refractivity contribution is -0.271. The van der Waals surface area contributed by atoms with Crippen LogP contribution in [0.25, 0.3) is 0 Å². The summed E-state index contributed by atoms with van der Waals surface area (Å²) >= 11 is 0. The quantitative estimate of drug-likeness (QED) is 0.0219. The molecule has 742 valence electrons. The predicted molar refractivity (Wildman–Crippen MR) is 473 cm³/mol. The first kappa shape index (κ1) is 116. The molecule has 40 heteroatoms. The highest BCUT2D eigenvalue weighted by atomic mass is 16.7. The SMILES string of the molecule is C.CC(=O)OCc1ccc(O[C@@H]2O[C@H](C(=O)O)[C@@H](O)[C@H](O)[C@H]2O)c(C(=O)NCCOCCN(CCOCCNC(=O)c2cc(COC(C)=O)ccc2O[C@@H]2OC[C@@H](O)[C@H](O)[C@H]2O)CCOCCOCCON)c1.CCC(C)[C@@H]([C@@H](CC(=O)N1CCC[C@H]1[C@H](OC)[C@@H](C)C(=O)N[C@H](C)[C@@H](O)c1ccccc1)OC)N(C)C(=O)[C@@H](CC(=O)[C@H](C(C)C)N(C)C(C)(C)C)C(C)C.O=C=O. The van der Waals surface area contributed by atoms with Crippen LogP contribution in [0.2, 0.25) is 0 Å². The zero-order valence-corrected chi connectivity index (χ0v) is 78.0. The fourth-order valence-corrected chi connectivity index (χ4v) is 15.1. The first-order valence-corrected chi connectivity index (χ1v) is 43.8. The van der Waals surface area contributed by atoms with Crippen LogP contribution in [0.15, 0.2) is 66.7 Å². The van der Waals surface area contributed by atoms with Crippen molar-refractivity contribution in [2.24, 2.45) is 35.5 Å². The largest absolute Gasteiger partial charge is 0.479 e. The third-order valence-electron chi connectivity index (χ3n) is 22.9. The van der Waals surface area contributed by atoms with Crippen LogP contribution in [0.3, 0.4) is 0 Å². The molecule has 6 rings (SSSR count). The number of hydrogen-bond acceptors (Lipinski definition) is 34. The topological polar surface area (TPSA) is 545 Å². The number of nitrogens with two attached hydrogens (primary N) is 1. The monoisotopic (exact) mass is 1860 g/mol. The summed E-state index contributed by atoms with van der Waals surface area (Å²) in [6.45, 7) is 27.8. The minimum absolute atomic E-state index is 0. The van der Waals surface area contributed by atoms with Crippen LogP contribution >= 0.6 is 0 Å². The number of aliphatic hydroxyl groups excluding tert-OH is 7. The second-order valence-electron chi connectivity index (χ2n) is 33.9. The number of methoxy groups -OCH3 is 2. The van der Waals surface area contributed by atoms with E-state index in [9.17, 15) is 84.0 Å². The number of Topliss-reactive ketones (excluding diaryl/α,β-unsaturated/α-hetero) is 1. The van der Waals surface area contributed by atoms with Gasteiger partial charge in [-0.1, -0.05) is 105 Å². The number of carbonyl (C=O) groups excluding carboxylic acids is 10. The van der Waals surface area contributed by atoms with E-state index in [2.05, 4.69) is 74.2 Å². The third kappa shape index (κ3) is 37.6. The lowest BCUT2D eigenvalue weighted by Crippen LogP contribution is -2.61. The van der Waals surface area contributed by atoms with Gasteiger partial charge in [-0.25, -0.2) is 10.7 Å². The van der Waals surface area contributed by atoms with E-state index in [-0.39, 0.29) is 174 Å². The molecule has 0 aliphatic carbocycles. The number of likely N-dealkylation sites (tertiary alicyclic amines) is 1. The Kier molecular flexibility index (Phi) is 53.2. The van der Waals surface area contributed by atoms with Gasteiger partial charge in [0.25, 0.3) is 11.8 Å². The van der Waals surface area contributed by atoms with Crippen LogP contribution in [0.5, 0.6) is 11.5 Å². The highest BCUT2D eigenvalue weighted by Gasteiger charge is 2.50. The average molecular weight is 1860 g/mol. The van der Waals surface area contributed by atoms with E-state index in [4.69, 9.17) is 72.3 Å². The summed E-state index contributed by atoms with van der Waals surface area (Å²) in [5.74, 6) is -0.768. The number of benzene rings is 3. The average Bonchev–Trinajstić information content (AvgIpc) is 1.71. The summed E-state index contributed by atoms with van der Waals surface area (Å²) in [5.41, 5.74) is 1.23. The number of nitrogens with zero attached hydrogens (tertiary/aromatic N) is 4. The number of ether oxygens (including phenoxy) is 12. The van der Waals surface area contributed by atoms with E-state index in [1.807, 2.05) is 61.0 Å². The Bertz CT molecular complexity index is 3970. The Balaban J connectivity index is 0.000000673. The number of rotatable bonds is 53. The molecule has 0 radical (unpaired) electrons. The summed E-state index contributed by atoms with van der Waals surface area (Å²) in [6.07, 6.45) is -14.9. The van der Waals surface area contributed by atoms with Gasteiger partial charge in [-0.2, -0.15) is 9.59 Å². The number of ketones is 1. The molecule has 1 unspecified atom stereocenters. The van der Waals surface area contributed by atoms with Crippen molar-refractivity contribution in [1.29, 1.82) is 0 Å². The van der Waals surface area contributed by atoms with Gasteiger partial charge >= 0.3 is 24.1 Å². The van der Waals surface area contributed by atoms with Crippen LogP contribution in [-0.2, 0) is 109 Å². The molecule has 13 N–H and O–H groups in total. The number of likely N-dealkylation sites (N-methyl/N-ethyl adjacent to an activating group) is 2. The van der Waals surface area contributed by atoms with E-state index in [1.54, 1.807) is 46.1 Å². The van der Waals surface area contributed by atoms with Gasteiger partial charge in [0.2, 0.25) is 30.3 Å². The second-order valence-corrected chi connectivity index (χ2v) is 33.9. The minimum Gasteiger partial charge on any atom is -0.479 e. The van der Waals surface area contributed by atoms with Crippen molar-refractivity contribution in [3.8, 4) is 11.5 Å². The number of aliphatic hydroxyl groups is 7. The van der Waals surface area contributed by atoms with Crippen LogP contribution in [0, 0.1) is 29.6 Å². The van der Waals surface area contributed by atoms with E-state index in [0.717, 1.165) is 12.8 Å². The van der Waals surface area contributed by atoms with E-state index in [1.165, 1.54) is 44.2 Å². The number of hydrogen-bond donors (Lipinski definition) is 12. The molecular formula is C91H146N8O32. The van der Waals surface area contributed by atoms with Gasteiger partial charge in [0.1, 0.15) is 61.3 Å². The molecule has 5 amide bonds. The van der Waals surface area contributed by atoms with Crippen LogP contribution < -0.4 is 31.3 Å². The summed E-state index contributed by atoms with van der Waals surface area (Å²) < 4.78 is 66.8. The first-order chi connectivity index (χ1) is 61.5. The molecule has 3 aromatic rings. The number of esters is 2. The molecule has 0 aromatic heterocycles. The smallest absolute Gasteiger partial charge is 0.373 e. The van der Waals surface area contributed by atoms with Crippen molar-refractivity contribution in [2.75, 3.05) is 134 Å². The third-order valence-corrected chi connectivity index (χ3v) is 22.9. The molecule has 3 heterocycles. The maximum Gasteiger partial charge on any atom is 0.373 e. The highest BCUT2D eigenvalue weighted by molar-refractivity contribution is 5.98. The Labute approximate surface area is 768 Å². The van der Waals surface area contributed by atoms with Crippen LogP contribution in [0.4, 0.5) is 0 Å². The molecule has 3 aliphatic heterocycles. The van der Waals surface area contributed by atoms with Gasteiger partial charge in [-0.3, -0.25) is 48.2 Å². The highest BCUT2D eigenvalue weighted by Crippen LogP contribution is 2.35. The maximum atomic E-state index is 14.5. The Hall–Kier alpha value is -8.69. The normalized spacial score (nSPS) is 21.1. The van der Waals surface area contributed by atoms with Gasteiger partial charge in [-0.05, 0) is 106 Å². The summed E-state index contributed by atoms with van der Waals surface area (Å²) in [7, 11) is 6.91. The standard InChI is InChI=1S/C45H66N4O23.C44H76N4O7.CO2.CH4/c1-26(50)66-23-28-3-5-33(70-44-38(56)35(53)32(52)25-68-44)30(21-28)41(58)47-7-12-62-14-9-49(11-16-64-17-18-65-19-20-69-46)10-15-63-13-8-48-42(59)31-22-29(24-67-27(2)51)4-6-34(31)71-45-39(57)36(54)37(55)40(72-45)43(60)61;1-16-29(6)39(46(12)43(53)33(27(2)3)25-35(49)38(28(4)5)47(13)44(9,10)11)36(54-14)26-37(50)48-24-20-23-34(48)41(55-15)30(7)42(52)45-31(8)40(51)32-21-18-17-19-22-32;2-1-3;/h3-6,21-22,32,35-40,44-45,52-57H,7-20,23-25,46H2,1-2H3,(H,47,58)(H,48,59)(H,60,61);17-19,21-22,27-31,33-34,36,38-41,51H,16,20,23-26H2,1-15H3,(H,45,52);;1H4/t32-,35+,36+,37+,38-,39-,40+,44+,45-;29?,30-,31-,33+,34+,36-,38+,39+,40-,41-;;/m11../s1. The Morgan fingerprint density at radius 2 is 1.15 bits per heavy atom. The summed E-state index contributed by atoms with van der Waals surface area (Å²) in [6, 6.07) is 16.1. The van der Waals surface area contributed by atoms with E-state index >= 15 is 0 Å². The van der Waals surface area contributed by atoms with Gasteiger partial charge in [-0.15, -0.1) is 0 Å². The molecule has 3 aromatic carbocycles. The predicted octanol–water partition coefficient (Wildman–Crippen LogP) is 2.50. The lowest BCUT2D eigenvalue weighted by Gasteiger charge is -2.42. The molecule has 3 saturated heterocycles. The fraction of sp³-hybridized carbons (Fsp3) is 0.692. The number of carbonyl (C=O) groups is 9. The number of aliphatic carboxylic acids is 1. The van der Waals surface area contributed by atoms with Crippen LogP contribution in [0.1, 0.15) is 173 Å². The number of amides is 5. The lowest BCUT2D eigenvalue weighted by atomic mass is 9.83. The zero-order chi connectivity index (χ0) is 97.2. The molecule has 0 spiro atoms. The van der Waals surface area contributed by atoms with Crippen molar-refractivity contribution >= 4 is 59.4 Å². The number of nitrogens with one attached hydrogen (secondary N) is 3. The van der Waals surface area contributed by atoms with Gasteiger partial charge < -0.3 is 128 Å². The number of carboxylic acid groups (broad SMARTS) is 1. The van der Waals surface area contributed by atoms with Crippen molar-refractivity contribution < 1.29 is 155 Å². The molecule has 0 saturated carbocycles. The Morgan fingerprint density at radius 3 is 1.63 bits per heavy atom. The minimum atomic E-state index is -1.96. The molecule has 40 nitrogen and oxygen atoms in total. The summed E-state index contributed by atoms with van der Waals surface area (Å²) in [4.78, 5) is 146.